The van der Waals surface area contributed by atoms with Crippen molar-refractivity contribution in [2.75, 3.05) is 0 Å². The first kappa shape index (κ1) is 12.2. The zero-order valence-corrected chi connectivity index (χ0v) is 9.10. The summed E-state index contributed by atoms with van der Waals surface area (Å²) in [6, 6.07) is 3.14. The van der Waals surface area contributed by atoms with Crippen LogP contribution in [0, 0.1) is 0 Å². The molecule has 0 unspecified atom stereocenters. The lowest BCUT2D eigenvalue weighted by Crippen LogP contribution is -2.16. The van der Waals surface area contributed by atoms with Crippen LogP contribution in [0.15, 0.2) is 22.8 Å². The molecule has 0 amide bonds. The van der Waals surface area contributed by atoms with Gasteiger partial charge in [-0.05, 0) is 28.1 Å². The van der Waals surface area contributed by atoms with Crippen LogP contribution < -0.4 is 0 Å². The predicted octanol–water partition coefficient (Wildman–Crippen LogP) is 2.91. The summed E-state index contributed by atoms with van der Waals surface area (Å²) in [6.45, 7) is 0. The van der Waals surface area contributed by atoms with Crippen molar-refractivity contribution in [1.82, 2.24) is 4.98 Å². The lowest BCUT2D eigenvalue weighted by atomic mass is 10.1. The molecule has 1 rings (SSSR count). The first-order valence-corrected chi connectivity index (χ1v) is 4.85. The molecular formula is C9H7BrF3NO. The van der Waals surface area contributed by atoms with Gasteiger partial charge in [-0.1, -0.05) is 0 Å². The Labute approximate surface area is 92.6 Å². The Morgan fingerprint density at radius 3 is 2.53 bits per heavy atom. The van der Waals surface area contributed by atoms with Crippen molar-refractivity contribution >= 4 is 21.7 Å². The third-order valence-corrected chi connectivity index (χ3v) is 2.03. The Balaban J connectivity index is 2.55. The van der Waals surface area contributed by atoms with Gasteiger partial charge >= 0.3 is 6.18 Å². The Morgan fingerprint density at radius 2 is 2.07 bits per heavy atom. The van der Waals surface area contributed by atoms with E-state index in [9.17, 15) is 18.0 Å². The normalized spacial score (nSPS) is 11.5. The quantitative estimate of drug-likeness (QED) is 0.853. The van der Waals surface area contributed by atoms with Gasteiger partial charge in [-0.2, -0.15) is 13.2 Å². The molecule has 6 heteroatoms. The van der Waals surface area contributed by atoms with Crippen LogP contribution in [0.3, 0.4) is 0 Å². The fraction of sp³-hybridized carbons (Fsp3) is 0.333. The molecule has 1 heterocycles. The fourth-order valence-electron chi connectivity index (χ4n) is 0.999. The minimum absolute atomic E-state index is 0.285. The van der Waals surface area contributed by atoms with Gasteiger partial charge in [-0.3, -0.25) is 9.78 Å². The van der Waals surface area contributed by atoms with Gasteiger partial charge in [-0.15, -0.1) is 0 Å². The van der Waals surface area contributed by atoms with Crippen LogP contribution >= 0.6 is 15.9 Å². The monoisotopic (exact) mass is 281 g/mol. The minimum atomic E-state index is -4.44. The molecule has 1 aromatic rings. The largest absolute Gasteiger partial charge is 0.395 e. The summed E-state index contributed by atoms with van der Waals surface area (Å²) in [7, 11) is 0. The van der Waals surface area contributed by atoms with Gasteiger partial charge in [0.25, 0.3) is 0 Å². The molecule has 0 saturated heterocycles. The van der Waals surface area contributed by atoms with Gasteiger partial charge < -0.3 is 0 Å². The number of carbonyl (C=O) groups is 1. The van der Waals surface area contributed by atoms with Crippen molar-refractivity contribution in [2.24, 2.45) is 0 Å². The van der Waals surface area contributed by atoms with E-state index in [-0.39, 0.29) is 6.42 Å². The van der Waals surface area contributed by atoms with Crippen LogP contribution in [-0.2, 0) is 11.2 Å². The lowest BCUT2D eigenvalue weighted by Gasteiger charge is -2.04. The summed E-state index contributed by atoms with van der Waals surface area (Å²) >= 11 is 3.13. The number of aromatic nitrogens is 1. The van der Waals surface area contributed by atoms with E-state index in [4.69, 9.17) is 0 Å². The van der Waals surface area contributed by atoms with Crippen LogP contribution in [-0.4, -0.2) is 16.9 Å². The summed E-state index contributed by atoms with van der Waals surface area (Å²) in [5, 5.41) is 0. The number of Topliss-reactive ketones (excluding diaryl/α,β-unsaturated/α-hetero) is 1. The van der Waals surface area contributed by atoms with Gasteiger partial charge in [0.2, 0.25) is 0 Å². The topological polar surface area (TPSA) is 30.0 Å². The van der Waals surface area contributed by atoms with Crippen LogP contribution in [0.2, 0.25) is 0 Å². The van der Waals surface area contributed by atoms with Gasteiger partial charge in [0, 0.05) is 22.8 Å². The van der Waals surface area contributed by atoms with Gasteiger partial charge in [0.05, 0.1) is 0 Å². The molecule has 0 spiro atoms. The number of hydrogen-bond acceptors (Lipinski definition) is 2. The van der Waals surface area contributed by atoms with Crippen LogP contribution in [0.5, 0.6) is 0 Å². The number of hydrogen-bond donors (Lipinski definition) is 0. The van der Waals surface area contributed by atoms with Crippen molar-refractivity contribution in [2.45, 2.75) is 19.0 Å². The zero-order valence-electron chi connectivity index (χ0n) is 7.51. The summed E-state index contributed by atoms with van der Waals surface area (Å²) in [5.74, 6) is -0.877. The molecule has 0 fully saturated rings. The van der Waals surface area contributed by atoms with Crippen LogP contribution in [0.1, 0.15) is 12.1 Å². The molecule has 0 aliphatic carbocycles. The maximum absolute atomic E-state index is 11.8. The van der Waals surface area contributed by atoms with E-state index >= 15 is 0 Å². The smallest absolute Gasteiger partial charge is 0.299 e. The molecule has 0 saturated carbocycles. The van der Waals surface area contributed by atoms with E-state index in [1.165, 1.54) is 12.3 Å². The molecule has 15 heavy (non-hydrogen) atoms. The highest BCUT2D eigenvalue weighted by atomic mass is 79.9. The average Bonchev–Trinajstić information content (AvgIpc) is 2.05. The van der Waals surface area contributed by atoms with Crippen molar-refractivity contribution < 1.29 is 18.0 Å². The fourth-order valence-corrected chi connectivity index (χ4v) is 1.23. The van der Waals surface area contributed by atoms with Crippen molar-refractivity contribution in [3.05, 3.63) is 28.5 Å². The van der Waals surface area contributed by atoms with Gasteiger partial charge in [0.15, 0.2) is 0 Å². The highest BCUT2D eigenvalue weighted by Gasteiger charge is 2.30. The third-order valence-electron chi connectivity index (χ3n) is 1.56. The number of halogens is 4. The summed E-state index contributed by atoms with van der Waals surface area (Å²) in [6.07, 6.45) is -4.68. The average molecular weight is 282 g/mol. The van der Waals surface area contributed by atoms with Gasteiger partial charge in [-0.25, -0.2) is 0 Å². The Morgan fingerprint density at radius 1 is 1.40 bits per heavy atom. The zero-order chi connectivity index (χ0) is 11.5. The molecule has 0 bridgehead atoms. The predicted molar refractivity (Wildman–Crippen MR) is 51.3 cm³/mol. The first-order chi connectivity index (χ1) is 6.87. The van der Waals surface area contributed by atoms with Crippen molar-refractivity contribution in [3.8, 4) is 0 Å². The van der Waals surface area contributed by atoms with E-state index < -0.39 is 18.4 Å². The number of rotatable bonds is 3. The van der Waals surface area contributed by atoms with Crippen LogP contribution in [0.4, 0.5) is 13.2 Å². The molecule has 0 aliphatic rings. The third kappa shape index (κ3) is 4.92. The highest BCUT2D eigenvalue weighted by molar-refractivity contribution is 9.10. The number of ketones is 1. The second kappa shape index (κ2) is 4.74. The van der Waals surface area contributed by atoms with E-state index in [0.717, 1.165) is 4.47 Å². The second-order valence-electron chi connectivity index (χ2n) is 2.98. The summed E-state index contributed by atoms with van der Waals surface area (Å²) in [4.78, 5) is 14.8. The van der Waals surface area contributed by atoms with Crippen LogP contribution in [0.25, 0.3) is 0 Å². The number of carbonyl (C=O) groups excluding carboxylic acids is 1. The number of pyridine rings is 1. The standard InChI is InChI=1S/C9H7BrF3NO/c10-6-1-2-7(14-5-6)3-8(15)4-9(11,12)13/h1-2,5H,3-4H2. The maximum Gasteiger partial charge on any atom is 0.395 e. The van der Waals surface area contributed by atoms with E-state index in [1.54, 1.807) is 6.07 Å². The highest BCUT2D eigenvalue weighted by Crippen LogP contribution is 2.20. The molecule has 0 N–H and O–H groups in total. The summed E-state index contributed by atoms with van der Waals surface area (Å²) in [5.41, 5.74) is 0.340. The van der Waals surface area contributed by atoms with E-state index in [1.807, 2.05) is 0 Å². The number of alkyl halides is 3. The Kier molecular flexibility index (Phi) is 3.84. The Bertz CT molecular complexity index is 347. The molecule has 0 atom stereocenters. The minimum Gasteiger partial charge on any atom is -0.299 e. The first-order valence-electron chi connectivity index (χ1n) is 4.06. The molecule has 2 nitrogen and oxygen atoms in total. The molecule has 0 aromatic carbocycles. The molecule has 82 valence electrons. The summed E-state index contributed by atoms with van der Waals surface area (Å²) < 4.78 is 36.2. The molecule has 0 radical (unpaired) electrons. The molecule has 0 aliphatic heterocycles. The van der Waals surface area contributed by atoms with Crippen molar-refractivity contribution in [3.63, 3.8) is 0 Å². The SMILES string of the molecule is O=C(Cc1ccc(Br)cn1)CC(F)(F)F. The second-order valence-corrected chi connectivity index (χ2v) is 3.89. The molecule has 1 aromatic heterocycles. The lowest BCUT2D eigenvalue weighted by molar-refractivity contribution is -0.151. The van der Waals surface area contributed by atoms with E-state index in [0.29, 0.717) is 5.69 Å². The molecular weight excluding hydrogens is 275 g/mol. The van der Waals surface area contributed by atoms with Gasteiger partial charge in [0.1, 0.15) is 12.2 Å². The maximum atomic E-state index is 11.8. The Hall–Kier alpha value is -0.910. The van der Waals surface area contributed by atoms with Crippen molar-refractivity contribution in [1.29, 1.82) is 0 Å². The van der Waals surface area contributed by atoms with E-state index in [2.05, 4.69) is 20.9 Å². The number of nitrogens with zero attached hydrogens (tertiary/aromatic N) is 1.